The van der Waals surface area contributed by atoms with Crippen molar-refractivity contribution in [3.8, 4) is 0 Å². The molecule has 2 saturated heterocycles. The van der Waals surface area contributed by atoms with Gasteiger partial charge < -0.3 is 4.90 Å². The Morgan fingerprint density at radius 2 is 1.74 bits per heavy atom. The number of imidazole rings is 1. The SMILES string of the molecule is CN(CC1CCCCC1)C1CCN(Cc2cccc3c2n(C)c(=O)n3C2CCC(=O)NC2=O)CC1. The highest BCUT2D eigenvalue weighted by molar-refractivity contribution is 6.00. The predicted molar refractivity (Wildman–Crippen MR) is 136 cm³/mol. The van der Waals surface area contributed by atoms with Gasteiger partial charge in [0, 0.05) is 32.6 Å². The van der Waals surface area contributed by atoms with Gasteiger partial charge in [-0.25, -0.2) is 4.79 Å². The lowest BCUT2D eigenvalue weighted by atomic mass is 9.88. The zero-order valence-corrected chi connectivity index (χ0v) is 21.2. The summed E-state index contributed by atoms with van der Waals surface area (Å²) in [4.78, 5) is 42.4. The number of hydrogen-bond acceptors (Lipinski definition) is 5. The van der Waals surface area contributed by atoms with Crippen LogP contribution in [0.3, 0.4) is 0 Å². The van der Waals surface area contributed by atoms with E-state index >= 15 is 0 Å². The molecule has 2 aliphatic heterocycles. The minimum absolute atomic E-state index is 0.204. The standard InChI is InChI=1S/C27H39N5O3/c1-29(17-19-7-4-3-5-8-19)21-13-15-31(16-14-21)18-20-9-6-10-22-25(20)30(2)27(35)32(22)23-11-12-24(33)28-26(23)34/h6,9-10,19,21,23H,3-5,7-8,11-18H2,1-2H3,(H,28,33,34). The summed E-state index contributed by atoms with van der Waals surface area (Å²) < 4.78 is 3.24. The Morgan fingerprint density at radius 1 is 1.00 bits per heavy atom. The van der Waals surface area contributed by atoms with Crippen molar-refractivity contribution in [1.29, 1.82) is 0 Å². The number of amides is 2. The molecule has 1 N–H and O–H groups in total. The zero-order valence-electron chi connectivity index (χ0n) is 21.2. The van der Waals surface area contributed by atoms with Crippen molar-refractivity contribution in [2.45, 2.75) is 76.4 Å². The minimum Gasteiger partial charge on any atom is -0.303 e. The number of likely N-dealkylation sites (tertiary alicyclic amines) is 1. The highest BCUT2D eigenvalue weighted by Gasteiger charge is 2.32. The lowest BCUT2D eigenvalue weighted by Gasteiger charge is -2.38. The van der Waals surface area contributed by atoms with Crippen molar-refractivity contribution in [3.05, 3.63) is 34.2 Å². The lowest BCUT2D eigenvalue weighted by molar-refractivity contribution is -0.135. The van der Waals surface area contributed by atoms with Gasteiger partial charge in [-0.3, -0.25) is 28.9 Å². The van der Waals surface area contributed by atoms with Crippen LogP contribution in [0.5, 0.6) is 0 Å². The number of aromatic nitrogens is 2. The third kappa shape index (κ3) is 4.96. The van der Waals surface area contributed by atoms with E-state index in [9.17, 15) is 14.4 Å². The maximum Gasteiger partial charge on any atom is 0.329 e. The van der Waals surface area contributed by atoms with Crippen LogP contribution in [0.25, 0.3) is 11.0 Å². The molecular formula is C27H39N5O3. The van der Waals surface area contributed by atoms with Gasteiger partial charge in [0.05, 0.1) is 11.0 Å². The van der Waals surface area contributed by atoms with E-state index in [1.807, 2.05) is 12.1 Å². The summed E-state index contributed by atoms with van der Waals surface area (Å²) in [7, 11) is 4.09. The van der Waals surface area contributed by atoms with E-state index in [1.165, 1.54) is 51.5 Å². The molecule has 1 saturated carbocycles. The average molecular weight is 482 g/mol. The van der Waals surface area contributed by atoms with Gasteiger partial charge in [0.1, 0.15) is 6.04 Å². The number of nitrogens with one attached hydrogen (secondary N) is 1. The molecule has 0 bridgehead atoms. The zero-order chi connectivity index (χ0) is 24.5. The monoisotopic (exact) mass is 481 g/mol. The van der Waals surface area contributed by atoms with Crippen molar-refractivity contribution >= 4 is 22.8 Å². The summed E-state index contributed by atoms with van der Waals surface area (Å²) in [6.07, 6.45) is 9.96. The molecule has 1 aliphatic carbocycles. The number of fused-ring (bicyclic) bond motifs is 1. The highest BCUT2D eigenvalue weighted by atomic mass is 16.2. The van der Waals surface area contributed by atoms with Crippen molar-refractivity contribution < 1.29 is 9.59 Å². The van der Waals surface area contributed by atoms with Gasteiger partial charge in [-0.05, 0) is 69.8 Å². The molecule has 3 fully saturated rings. The summed E-state index contributed by atoms with van der Waals surface area (Å²) in [6.45, 7) is 4.14. The van der Waals surface area contributed by atoms with Crippen LogP contribution in [0.1, 0.15) is 69.4 Å². The molecular weight excluding hydrogens is 442 g/mol. The molecule has 1 aromatic heterocycles. The fourth-order valence-electron chi connectivity index (χ4n) is 6.56. The maximum atomic E-state index is 13.2. The van der Waals surface area contributed by atoms with Crippen LogP contribution in [-0.2, 0) is 23.2 Å². The van der Waals surface area contributed by atoms with Crippen LogP contribution in [0.4, 0.5) is 0 Å². The van der Waals surface area contributed by atoms with Crippen molar-refractivity contribution in [3.63, 3.8) is 0 Å². The summed E-state index contributed by atoms with van der Waals surface area (Å²) in [5.74, 6) is 0.216. The molecule has 8 nitrogen and oxygen atoms in total. The van der Waals surface area contributed by atoms with Gasteiger partial charge >= 0.3 is 5.69 Å². The highest BCUT2D eigenvalue weighted by Crippen LogP contribution is 2.28. The number of carbonyl (C=O) groups is 2. The van der Waals surface area contributed by atoms with Crippen LogP contribution in [-0.4, -0.2) is 63.5 Å². The molecule has 190 valence electrons. The molecule has 5 rings (SSSR count). The first-order valence-electron chi connectivity index (χ1n) is 13.4. The molecule has 3 aliphatic rings. The topological polar surface area (TPSA) is 79.6 Å². The molecule has 1 unspecified atom stereocenters. The summed E-state index contributed by atoms with van der Waals surface area (Å²) in [5.41, 5.74) is 2.57. The number of para-hydroxylation sites is 1. The van der Waals surface area contributed by atoms with Gasteiger partial charge in [-0.1, -0.05) is 31.4 Å². The first-order valence-corrected chi connectivity index (χ1v) is 13.4. The van der Waals surface area contributed by atoms with E-state index in [0.717, 1.165) is 42.1 Å². The van der Waals surface area contributed by atoms with E-state index < -0.39 is 6.04 Å². The third-order valence-corrected chi connectivity index (χ3v) is 8.55. The second-order valence-corrected chi connectivity index (χ2v) is 10.9. The van der Waals surface area contributed by atoms with Crippen molar-refractivity contribution in [1.82, 2.24) is 24.3 Å². The van der Waals surface area contributed by atoms with Crippen LogP contribution in [0.15, 0.2) is 23.0 Å². The van der Waals surface area contributed by atoms with E-state index in [1.54, 1.807) is 16.2 Å². The van der Waals surface area contributed by atoms with Gasteiger partial charge in [-0.2, -0.15) is 0 Å². The lowest BCUT2D eigenvalue weighted by Crippen LogP contribution is -2.44. The largest absolute Gasteiger partial charge is 0.329 e. The van der Waals surface area contributed by atoms with Crippen LogP contribution in [0.2, 0.25) is 0 Å². The normalized spacial score (nSPS) is 23.3. The first kappa shape index (κ1) is 24.3. The van der Waals surface area contributed by atoms with Crippen LogP contribution in [0, 0.1) is 5.92 Å². The van der Waals surface area contributed by atoms with Crippen molar-refractivity contribution in [2.75, 3.05) is 26.7 Å². The first-order chi connectivity index (χ1) is 16.9. The Hall–Kier alpha value is -2.45. The number of benzene rings is 1. The van der Waals surface area contributed by atoms with Crippen molar-refractivity contribution in [2.24, 2.45) is 13.0 Å². The van der Waals surface area contributed by atoms with E-state index in [0.29, 0.717) is 12.5 Å². The number of rotatable bonds is 6. The Balaban J connectivity index is 1.28. The smallest absolute Gasteiger partial charge is 0.303 e. The van der Waals surface area contributed by atoms with Gasteiger partial charge in [0.2, 0.25) is 11.8 Å². The number of aryl methyl sites for hydroxylation is 1. The molecule has 8 heteroatoms. The molecule has 0 spiro atoms. The van der Waals surface area contributed by atoms with E-state index in [-0.39, 0.29) is 23.9 Å². The Morgan fingerprint density at radius 3 is 2.46 bits per heavy atom. The third-order valence-electron chi connectivity index (χ3n) is 8.55. The van der Waals surface area contributed by atoms with E-state index in [2.05, 4.69) is 28.2 Å². The van der Waals surface area contributed by atoms with Gasteiger partial charge in [-0.15, -0.1) is 0 Å². The number of hydrogen-bond donors (Lipinski definition) is 1. The summed E-state index contributed by atoms with van der Waals surface area (Å²) in [5, 5.41) is 2.39. The molecule has 2 amide bonds. The molecule has 0 radical (unpaired) electrons. The fourth-order valence-corrected chi connectivity index (χ4v) is 6.56. The quantitative estimate of drug-likeness (QED) is 0.642. The minimum atomic E-state index is -0.644. The summed E-state index contributed by atoms with van der Waals surface area (Å²) in [6, 6.07) is 6.00. The van der Waals surface area contributed by atoms with Crippen LogP contribution < -0.4 is 11.0 Å². The predicted octanol–water partition coefficient (Wildman–Crippen LogP) is 2.79. The number of imide groups is 1. The molecule has 1 atom stereocenters. The Labute approximate surface area is 207 Å². The fraction of sp³-hybridized carbons (Fsp3) is 0.667. The number of carbonyl (C=O) groups excluding carboxylic acids is 2. The van der Waals surface area contributed by atoms with Gasteiger partial charge in [0.25, 0.3) is 0 Å². The Kier molecular flexibility index (Phi) is 7.12. The van der Waals surface area contributed by atoms with Gasteiger partial charge in [0.15, 0.2) is 0 Å². The second-order valence-electron chi connectivity index (χ2n) is 10.9. The van der Waals surface area contributed by atoms with E-state index in [4.69, 9.17) is 0 Å². The molecule has 1 aromatic carbocycles. The second kappa shape index (κ2) is 10.3. The summed E-state index contributed by atoms with van der Waals surface area (Å²) >= 11 is 0. The maximum absolute atomic E-state index is 13.2. The molecule has 2 aromatic rings. The number of piperidine rings is 2. The number of nitrogens with zero attached hydrogens (tertiary/aromatic N) is 4. The van der Waals surface area contributed by atoms with Crippen LogP contribution >= 0.6 is 0 Å². The molecule has 35 heavy (non-hydrogen) atoms. The average Bonchev–Trinajstić information content (AvgIpc) is 3.11. The Bertz CT molecular complexity index is 1140. The molecule has 3 heterocycles.